The Bertz CT molecular complexity index is 1030. The van der Waals surface area contributed by atoms with E-state index in [1.165, 1.54) is 23.5 Å². The average Bonchev–Trinajstić information content (AvgIpc) is 3.24. The van der Waals surface area contributed by atoms with E-state index >= 15 is 0 Å². The predicted octanol–water partition coefficient (Wildman–Crippen LogP) is 3.85. The molecule has 1 atom stereocenters. The van der Waals surface area contributed by atoms with Crippen LogP contribution in [0, 0.1) is 11.6 Å². The number of rotatable bonds is 4. The zero-order chi connectivity index (χ0) is 19.8. The first-order valence-corrected chi connectivity index (χ1v) is 9.88. The Morgan fingerprint density at radius 1 is 1.32 bits per heavy atom. The summed E-state index contributed by atoms with van der Waals surface area (Å²) in [6, 6.07) is 7.49. The van der Waals surface area contributed by atoms with E-state index in [-0.39, 0.29) is 11.9 Å². The Morgan fingerprint density at radius 2 is 2.07 bits per heavy atom. The van der Waals surface area contributed by atoms with Gasteiger partial charge in [0.25, 0.3) is 5.91 Å². The third-order valence-electron chi connectivity index (χ3n) is 5.06. The first kappa shape index (κ1) is 18.8. The third-order valence-corrected chi connectivity index (χ3v) is 6.18. The fraction of sp³-hybridized carbons (Fsp3) is 0.300. The molecule has 1 unspecified atom stereocenters. The van der Waals surface area contributed by atoms with Crippen LogP contribution in [0.15, 0.2) is 30.3 Å². The van der Waals surface area contributed by atoms with Gasteiger partial charge in [0, 0.05) is 25.0 Å². The molecule has 2 aromatic heterocycles. The van der Waals surface area contributed by atoms with E-state index in [9.17, 15) is 13.6 Å². The number of nitrogens with zero attached hydrogens (tertiary/aromatic N) is 2. The quantitative estimate of drug-likeness (QED) is 0.695. The minimum absolute atomic E-state index is 0.0579. The van der Waals surface area contributed by atoms with Gasteiger partial charge in [-0.2, -0.15) is 0 Å². The number of thiophene rings is 1. The zero-order valence-corrected chi connectivity index (χ0v) is 16.2. The molecule has 0 spiro atoms. The normalized spacial score (nSPS) is 17.3. The molecule has 3 aromatic rings. The number of pyridine rings is 1. The van der Waals surface area contributed by atoms with E-state index in [1.54, 1.807) is 7.05 Å². The van der Waals surface area contributed by atoms with Gasteiger partial charge in [0.1, 0.15) is 21.3 Å². The van der Waals surface area contributed by atoms with Gasteiger partial charge in [0.15, 0.2) is 0 Å². The maximum atomic E-state index is 13.5. The molecule has 1 aliphatic rings. The number of aromatic nitrogens is 1. The molecule has 5 nitrogen and oxygen atoms in total. The van der Waals surface area contributed by atoms with Crippen LogP contribution in [0.5, 0.6) is 0 Å². The Morgan fingerprint density at radius 3 is 2.79 bits per heavy atom. The predicted molar refractivity (Wildman–Crippen MR) is 106 cm³/mol. The van der Waals surface area contributed by atoms with Crippen molar-refractivity contribution in [2.24, 2.45) is 0 Å². The van der Waals surface area contributed by atoms with E-state index < -0.39 is 11.6 Å². The van der Waals surface area contributed by atoms with Crippen LogP contribution in [0.1, 0.15) is 39.8 Å². The van der Waals surface area contributed by atoms with E-state index in [2.05, 4.69) is 10.2 Å². The summed E-state index contributed by atoms with van der Waals surface area (Å²) >= 11 is 1.27. The molecule has 4 rings (SSSR count). The van der Waals surface area contributed by atoms with Crippen molar-refractivity contribution in [2.45, 2.75) is 25.4 Å². The molecule has 0 bridgehead atoms. The summed E-state index contributed by atoms with van der Waals surface area (Å²) in [5.41, 5.74) is 8.03. The van der Waals surface area contributed by atoms with Crippen LogP contribution in [0.4, 0.5) is 14.5 Å². The fourth-order valence-corrected chi connectivity index (χ4v) is 4.81. The molecule has 146 valence electrons. The first-order chi connectivity index (χ1) is 13.5. The Labute approximate surface area is 165 Å². The van der Waals surface area contributed by atoms with Crippen molar-refractivity contribution >= 4 is 33.1 Å². The number of hydrogen-bond acceptors (Lipinski definition) is 5. The van der Waals surface area contributed by atoms with Crippen LogP contribution >= 0.6 is 11.3 Å². The largest absolute Gasteiger partial charge is 0.397 e. The highest BCUT2D eigenvalue weighted by Crippen LogP contribution is 2.37. The molecule has 0 radical (unpaired) electrons. The van der Waals surface area contributed by atoms with Crippen molar-refractivity contribution in [1.29, 1.82) is 0 Å². The zero-order valence-electron chi connectivity index (χ0n) is 15.3. The maximum Gasteiger partial charge on any atom is 0.263 e. The highest BCUT2D eigenvalue weighted by atomic mass is 32.1. The topological polar surface area (TPSA) is 71.2 Å². The summed E-state index contributed by atoms with van der Waals surface area (Å²) in [7, 11) is 1.57. The number of anilines is 1. The lowest BCUT2D eigenvalue weighted by Gasteiger charge is -2.24. The summed E-state index contributed by atoms with van der Waals surface area (Å²) in [6.45, 7) is 1.29. The molecule has 0 aliphatic carbocycles. The number of hydrogen-bond donors (Lipinski definition) is 2. The SMILES string of the molecule is CNC(=O)c1sc2nc(C3CCCN3Cc3cc(F)cc(F)c3)ccc2c1N. The van der Waals surface area contributed by atoms with Crippen LogP contribution in [0.25, 0.3) is 10.2 Å². The Kier molecular flexibility index (Phi) is 4.99. The van der Waals surface area contributed by atoms with Gasteiger partial charge in [-0.05, 0) is 49.2 Å². The highest BCUT2D eigenvalue weighted by Gasteiger charge is 2.28. The number of likely N-dealkylation sites (tertiary alicyclic amines) is 1. The smallest absolute Gasteiger partial charge is 0.263 e. The summed E-state index contributed by atoms with van der Waals surface area (Å²) in [5.74, 6) is -1.36. The second-order valence-electron chi connectivity index (χ2n) is 6.92. The summed E-state index contributed by atoms with van der Waals surface area (Å²) in [5, 5.41) is 3.36. The monoisotopic (exact) mass is 402 g/mol. The number of benzene rings is 1. The maximum absolute atomic E-state index is 13.5. The molecule has 8 heteroatoms. The lowest BCUT2D eigenvalue weighted by atomic mass is 10.1. The average molecular weight is 402 g/mol. The number of carbonyl (C=O) groups is 1. The highest BCUT2D eigenvalue weighted by molar-refractivity contribution is 7.21. The molecule has 1 amide bonds. The van der Waals surface area contributed by atoms with Crippen molar-refractivity contribution < 1.29 is 13.6 Å². The summed E-state index contributed by atoms with van der Waals surface area (Å²) < 4.78 is 27.0. The van der Waals surface area contributed by atoms with E-state index in [0.717, 1.165) is 41.4 Å². The van der Waals surface area contributed by atoms with Crippen LogP contribution in [0.2, 0.25) is 0 Å². The van der Waals surface area contributed by atoms with Crippen molar-refractivity contribution in [1.82, 2.24) is 15.2 Å². The minimum atomic E-state index is -0.568. The van der Waals surface area contributed by atoms with Gasteiger partial charge in [-0.1, -0.05) is 0 Å². The third kappa shape index (κ3) is 3.45. The van der Waals surface area contributed by atoms with Gasteiger partial charge in [-0.15, -0.1) is 11.3 Å². The molecule has 3 N–H and O–H groups in total. The number of nitrogen functional groups attached to an aromatic ring is 1. The lowest BCUT2D eigenvalue weighted by Crippen LogP contribution is -2.23. The van der Waals surface area contributed by atoms with Crippen LogP contribution in [-0.4, -0.2) is 29.4 Å². The van der Waals surface area contributed by atoms with Gasteiger partial charge >= 0.3 is 0 Å². The fourth-order valence-electron chi connectivity index (χ4n) is 3.77. The molecular formula is C20H20F2N4OS. The van der Waals surface area contributed by atoms with Crippen LogP contribution in [0.3, 0.4) is 0 Å². The number of carbonyl (C=O) groups excluding carboxylic acids is 1. The van der Waals surface area contributed by atoms with Gasteiger partial charge in [0.2, 0.25) is 0 Å². The van der Waals surface area contributed by atoms with Crippen molar-refractivity contribution in [3.05, 3.63) is 58.1 Å². The van der Waals surface area contributed by atoms with Gasteiger partial charge in [0.05, 0.1) is 17.4 Å². The molecule has 1 aromatic carbocycles. The summed E-state index contributed by atoms with van der Waals surface area (Å²) in [4.78, 5) is 20.1. The number of amides is 1. The Hall–Kier alpha value is -2.58. The van der Waals surface area contributed by atoms with Gasteiger partial charge in [-0.3, -0.25) is 9.69 Å². The number of halogens is 2. The summed E-state index contributed by atoms with van der Waals surface area (Å²) in [6.07, 6.45) is 1.90. The van der Waals surface area contributed by atoms with E-state index in [4.69, 9.17) is 10.7 Å². The second-order valence-corrected chi connectivity index (χ2v) is 7.92. The molecule has 1 fully saturated rings. The lowest BCUT2D eigenvalue weighted by molar-refractivity contribution is 0.0968. The standard InChI is InChI=1S/C20H20F2N4OS/c1-24-19(27)18-17(23)14-4-5-15(25-20(14)28-18)16-3-2-6-26(16)10-11-7-12(21)9-13(22)8-11/h4-5,7-9,16H,2-3,6,10,23H2,1H3,(H,24,27). The second kappa shape index (κ2) is 7.44. The Balaban J connectivity index is 1.63. The van der Waals surface area contributed by atoms with E-state index in [1.807, 2.05) is 12.1 Å². The molecule has 28 heavy (non-hydrogen) atoms. The van der Waals surface area contributed by atoms with E-state index in [0.29, 0.717) is 22.7 Å². The van der Waals surface area contributed by atoms with Crippen LogP contribution < -0.4 is 11.1 Å². The van der Waals surface area contributed by atoms with Crippen molar-refractivity contribution in [3.8, 4) is 0 Å². The van der Waals surface area contributed by atoms with Crippen molar-refractivity contribution in [2.75, 3.05) is 19.3 Å². The van der Waals surface area contributed by atoms with Crippen molar-refractivity contribution in [3.63, 3.8) is 0 Å². The number of fused-ring (bicyclic) bond motifs is 1. The first-order valence-electron chi connectivity index (χ1n) is 9.06. The molecule has 1 aliphatic heterocycles. The molecular weight excluding hydrogens is 382 g/mol. The minimum Gasteiger partial charge on any atom is -0.397 e. The van der Waals surface area contributed by atoms with Gasteiger partial charge < -0.3 is 11.1 Å². The molecule has 3 heterocycles. The number of nitrogens with two attached hydrogens (primary N) is 1. The molecule has 1 saturated heterocycles. The van der Waals surface area contributed by atoms with Crippen LogP contribution in [-0.2, 0) is 6.54 Å². The van der Waals surface area contributed by atoms with Gasteiger partial charge in [-0.25, -0.2) is 13.8 Å². The number of nitrogens with one attached hydrogen (secondary N) is 1. The molecule has 0 saturated carbocycles.